The molecular weight excluding hydrogens is 426 g/mol. The van der Waals surface area contributed by atoms with Crippen LogP contribution in [0.1, 0.15) is 10.4 Å². The Bertz CT molecular complexity index is 1140. The highest BCUT2D eigenvalue weighted by Crippen LogP contribution is 2.23. The molecule has 0 aliphatic heterocycles. The summed E-state index contributed by atoms with van der Waals surface area (Å²) >= 11 is 0. The summed E-state index contributed by atoms with van der Waals surface area (Å²) in [5, 5.41) is 22.7. The number of benzene rings is 2. The molecule has 3 rings (SSSR count). The lowest BCUT2D eigenvalue weighted by Gasteiger charge is -2.14. The van der Waals surface area contributed by atoms with Gasteiger partial charge in [-0.25, -0.2) is 0 Å². The van der Waals surface area contributed by atoms with Crippen LogP contribution < -0.4 is 26.1 Å². The summed E-state index contributed by atoms with van der Waals surface area (Å²) < 4.78 is 12.7. The van der Waals surface area contributed by atoms with Gasteiger partial charge in [0.25, 0.3) is 11.5 Å². The van der Waals surface area contributed by atoms with E-state index in [2.05, 4.69) is 5.32 Å². The third-order valence-corrected chi connectivity index (χ3v) is 4.94. The lowest BCUT2D eigenvalue weighted by atomic mass is 10.1. The first kappa shape index (κ1) is 23.8. The van der Waals surface area contributed by atoms with Crippen LogP contribution in [0.25, 0.3) is 11.3 Å². The zero-order valence-electron chi connectivity index (χ0n) is 18.2. The molecule has 1 aromatic heterocycles. The van der Waals surface area contributed by atoms with E-state index in [1.165, 1.54) is 24.3 Å². The molecule has 0 spiro atoms. The zero-order chi connectivity index (χ0) is 23.8. The summed E-state index contributed by atoms with van der Waals surface area (Å²) in [4.78, 5) is 23.0. The number of aliphatic hydroxyl groups excluding tert-OH is 1. The van der Waals surface area contributed by atoms with Crippen molar-refractivity contribution in [2.24, 2.45) is 12.8 Å². The van der Waals surface area contributed by atoms with Gasteiger partial charge in [-0.2, -0.15) is 0 Å². The molecule has 1 atom stereocenters. The smallest absolute Gasteiger partial charge is 0.252 e. The molecule has 0 aliphatic carbocycles. The van der Waals surface area contributed by atoms with E-state index in [1.807, 2.05) is 18.2 Å². The predicted octanol–water partition coefficient (Wildman–Crippen LogP) is 1.27. The number of pyridine rings is 1. The minimum absolute atomic E-state index is 0.00567. The molecule has 33 heavy (non-hydrogen) atoms. The number of rotatable bonds is 11. The van der Waals surface area contributed by atoms with Gasteiger partial charge < -0.3 is 35.3 Å². The quantitative estimate of drug-likeness (QED) is 0.321. The van der Waals surface area contributed by atoms with Gasteiger partial charge in [0.05, 0.1) is 11.3 Å². The minimum atomic E-state index is -0.737. The second kappa shape index (κ2) is 11.2. The standard InChI is InChI=1S/C24H27N3O6/c1-27-21(3-2-4-23(27)30)16-5-7-18(8-6-16)33-15-17(28)14-26-11-12-32-19-9-10-22(29)20(13-19)24(25)31/h2-10,13,17,26,28-29H,11-12,14-15H2,1H3,(H2,25,31). The fraction of sp³-hybridized carbons (Fsp3) is 0.250. The van der Waals surface area contributed by atoms with Gasteiger partial charge in [0.1, 0.15) is 36.6 Å². The van der Waals surface area contributed by atoms with Gasteiger partial charge in [0.2, 0.25) is 0 Å². The Morgan fingerprint density at radius 1 is 1.09 bits per heavy atom. The number of hydrogen-bond donors (Lipinski definition) is 4. The maximum Gasteiger partial charge on any atom is 0.252 e. The van der Waals surface area contributed by atoms with Crippen LogP contribution >= 0.6 is 0 Å². The fourth-order valence-corrected chi connectivity index (χ4v) is 3.14. The van der Waals surface area contributed by atoms with Crippen LogP contribution in [0.5, 0.6) is 17.2 Å². The van der Waals surface area contributed by atoms with Crippen molar-refractivity contribution < 1.29 is 24.5 Å². The molecule has 0 radical (unpaired) electrons. The van der Waals surface area contributed by atoms with Gasteiger partial charge in [0.15, 0.2) is 0 Å². The maximum absolute atomic E-state index is 11.8. The monoisotopic (exact) mass is 453 g/mol. The molecule has 1 amide bonds. The van der Waals surface area contributed by atoms with Crippen molar-refractivity contribution in [3.63, 3.8) is 0 Å². The second-order valence-corrected chi connectivity index (χ2v) is 7.39. The molecule has 5 N–H and O–H groups in total. The van der Waals surface area contributed by atoms with Crippen LogP contribution in [0.4, 0.5) is 0 Å². The summed E-state index contributed by atoms with van der Waals surface area (Å²) in [7, 11) is 1.72. The van der Waals surface area contributed by atoms with E-state index in [-0.39, 0.29) is 23.5 Å². The summed E-state index contributed by atoms with van der Waals surface area (Å²) in [5.74, 6) is 0.0851. The van der Waals surface area contributed by atoms with E-state index in [4.69, 9.17) is 15.2 Å². The van der Waals surface area contributed by atoms with Crippen LogP contribution in [0.2, 0.25) is 0 Å². The SMILES string of the molecule is Cn1c(-c2ccc(OCC(O)CNCCOc3ccc(O)c(C(N)=O)c3)cc2)cccc1=O. The molecular formula is C24H27N3O6. The van der Waals surface area contributed by atoms with Gasteiger partial charge in [-0.15, -0.1) is 0 Å². The minimum Gasteiger partial charge on any atom is -0.507 e. The van der Waals surface area contributed by atoms with Crippen LogP contribution in [-0.4, -0.2) is 53.1 Å². The maximum atomic E-state index is 11.8. The van der Waals surface area contributed by atoms with Crippen LogP contribution in [0, 0.1) is 0 Å². The number of carbonyl (C=O) groups excluding carboxylic acids is 1. The lowest BCUT2D eigenvalue weighted by molar-refractivity contribution is 0.0996. The Labute approximate surface area is 191 Å². The van der Waals surface area contributed by atoms with Crippen molar-refractivity contribution in [3.05, 3.63) is 76.6 Å². The molecule has 0 bridgehead atoms. The number of carbonyl (C=O) groups is 1. The Morgan fingerprint density at radius 2 is 1.82 bits per heavy atom. The van der Waals surface area contributed by atoms with Crippen LogP contribution in [-0.2, 0) is 7.05 Å². The molecule has 1 unspecified atom stereocenters. The van der Waals surface area contributed by atoms with Crippen molar-refractivity contribution in [2.75, 3.05) is 26.3 Å². The molecule has 0 fully saturated rings. The van der Waals surface area contributed by atoms with Crippen molar-refractivity contribution in [1.82, 2.24) is 9.88 Å². The number of aromatic hydroxyl groups is 1. The lowest BCUT2D eigenvalue weighted by Crippen LogP contribution is -2.33. The average Bonchev–Trinajstić information content (AvgIpc) is 2.80. The summed E-state index contributed by atoms with van der Waals surface area (Å²) in [6.45, 7) is 1.15. The van der Waals surface area contributed by atoms with Crippen molar-refractivity contribution >= 4 is 5.91 Å². The molecule has 174 valence electrons. The van der Waals surface area contributed by atoms with Crippen LogP contribution in [0.3, 0.4) is 0 Å². The van der Waals surface area contributed by atoms with E-state index in [9.17, 15) is 19.8 Å². The van der Waals surface area contributed by atoms with Gasteiger partial charge in [-0.3, -0.25) is 9.59 Å². The average molecular weight is 453 g/mol. The van der Waals surface area contributed by atoms with Gasteiger partial charge in [-0.05, 0) is 54.1 Å². The first-order chi connectivity index (χ1) is 15.8. The predicted molar refractivity (Wildman–Crippen MR) is 124 cm³/mol. The number of nitrogens with zero attached hydrogens (tertiary/aromatic N) is 1. The van der Waals surface area contributed by atoms with Crippen molar-refractivity contribution in [2.45, 2.75) is 6.10 Å². The molecule has 0 saturated heterocycles. The number of aliphatic hydroxyl groups is 1. The number of amides is 1. The molecule has 0 saturated carbocycles. The van der Waals surface area contributed by atoms with E-state index < -0.39 is 12.0 Å². The number of nitrogens with one attached hydrogen (secondary N) is 1. The fourth-order valence-electron chi connectivity index (χ4n) is 3.14. The third-order valence-electron chi connectivity index (χ3n) is 4.94. The number of aromatic nitrogens is 1. The van der Waals surface area contributed by atoms with Gasteiger partial charge >= 0.3 is 0 Å². The molecule has 3 aromatic rings. The number of primary amides is 1. The van der Waals surface area contributed by atoms with E-state index in [0.717, 1.165) is 11.3 Å². The highest BCUT2D eigenvalue weighted by atomic mass is 16.5. The van der Waals surface area contributed by atoms with E-state index >= 15 is 0 Å². The number of ether oxygens (including phenoxy) is 2. The molecule has 9 nitrogen and oxygen atoms in total. The summed E-state index contributed by atoms with van der Waals surface area (Å²) in [6.07, 6.45) is -0.727. The summed E-state index contributed by atoms with van der Waals surface area (Å²) in [5.41, 5.74) is 6.80. The van der Waals surface area contributed by atoms with Gasteiger partial charge in [0, 0.05) is 26.2 Å². The van der Waals surface area contributed by atoms with E-state index in [1.54, 1.807) is 29.8 Å². The molecule has 9 heteroatoms. The topological polar surface area (TPSA) is 136 Å². The van der Waals surface area contributed by atoms with Gasteiger partial charge in [-0.1, -0.05) is 6.07 Å². The number of phenols is 1. The number of hydrogen-bond acceptors (Lipinski definition) is 7. The summed E-state index contributed by atoms with van der Waals surface area (Å²) in [6, 6.07) is 16.7. The molecule has 1 heterocycles. The van der Waals surface area contributed by atoms with Crippen LogP contribution in [0.15, 0.2) is 65.5 Å². The molecule has 0 aliphatic rings. The Kier molecular flexibility index (Phi) is 8.06. The van der Waals surface area contributed by atoms with Crippen molar-refractivity contribution in [1.29, 1.82) is 0 Å². The largest absolute Gasteiger partial charge is 0.507 e. The highest BCUT2D eigenvalue weighted by Gasteiger charge is 2.09. The first-order valence-corrected chi connectivity index (χ1v) is 10.4. The normalized spacial score (nSPS) is 11.7. The Morgan fingerprint density at radius 3 is 2.55 bits per heavy atom. The van der Waals surface area contributed by atoms with Crippen molar-refractivity contribution in [3.8, 4) is 28.5 Å². The third kappa shape index (κ3) is 6.58. The second-order valence-electron chi connectivity index (χ2n) is 7.39. The Hall–Kier alpha value is -3.82. The number of nitrogens with two attached hydrogens (primary N) is 1. The molecule has 2 aromatic carbocycles. The van der Waals surface area contributed by atoms with E-state index in [0.29, 0.717) is 31.2 Å². The zero-order valence-corrected chi connectivity index (χ0v) is 18.2. The Balaban J connectivity index is 1.38. The first-order valence-electron chi connectivity index (χ1n) is 10.4. The highest BCUT2D eigenvalue weighted by molar-refractivity contribution is 5.95.